The number of hydrogen-bond donors (Lipinski definition) is 2. The first kappa shape index (κ1) is 12.4. The van der Waals surface area contributed by atoms with E-state index < -0.39 is 11.4 Å². The van der Waals surface area contributed by atoms with Crippen molar-refractivity contribution in [3.8, 4) is 0 Å². The van der Waals surface area contributed by atoms with Gasteiger partial charge in [-0.2, -0.15) is 0 Å². The van der Waals surface area contributed by atoms with E-state index >= 15 is 0 Å². The number of aliphatic carboxylic acids is 1. The molecule has 0 unspecified atom stereocenters. The molecular weight excluding hydrogens is 232 g/mol. The summed E-state index contributed by atoms with van der Waals surface area (Å²) in [6.45, 7) is 3.80. The molecule has 2 N–H and O–H groups in total. The molecule has 0 atom stereocenters. The predicted octanol–water partition coefficient (Wildman–Crippen LogP) is 1.56. The van der Waals surface area contributed by atoms with Crippen LogP contribution >= 0.6 is 0 Å². The molecule has 0 aromatic heterocycles. The molecule has 0 saturated carbocycles. The number of amides is 1. The van der Waals surface area contributed by atoms with Gasteiger partial charge in [-0.05, 0) is 26.0 Å². The summed E-state index contributed by atoms with van der Waals surface area (Å²) in [4.78, 5) is 24.6. The van der Waals surface area contributed by atoms with Gasteiger partial charge in [0.05, 0.1) is 23.3 Å². The van der Waals surface area contributed by atoms with Crippen LogP contribution < -0.4 is 10.2 Å². The molecule has 5 nitrogen and oxygen atoms in total. The maximum absolute atomic E-state index is 11.6. The van der Waals surface area contributed by atoms with E-state index in [4.69, 9.17) is 5.11 Å². The first-order valence-electron chi connectivity index (χ1n) is 5.77. The van der Waals surface area contributed by atoms with Crippen molar-refractivity contribution in [3.63, 3.8) is 0 Å². The minimum Gasteiger partial charge on any atom is -0.481 e. The number of nitrogens with one attached hydrogen (secondary N) is 1. The molecule has 1 aliphatic rings. The number of nitrogens with zero attached hydrogens (tertiary/aromatic N) is 1. The van der Waals surface area contributed by atoms with Gasteiger partial charge in [-0.15, -0.1) is 0 Å². The second kappa shape index (κ2) is 4.33. The fourth-order valence-corrected chi connectivity index (χ4v) is 1.99. The van der Waals surface area contributed by atoms with Crippen LogP contribution in [-0.4, -0.2) is 30.1 Å². The Morgan fingerprint density at radius 1 is 1.44 bits per heavy atom. The molecule has 1 heterocycles. The zero-order chi connectivity index (χ0) is 13.3. The SMILES string of the molecule is CC(C)(CN1CC(=O)Nc2ccccc21)C(=O)O. The first-order chi connectivity index (χ1) is 8.40. The summed E-state index contributed by atoms with van der Waals surface area (Å²) in [5, 5.41) is 11.9. The molecule has 2 rings (SSSR count). The van der Waals surface area contributed by atoms with Gasteiger partial charge in [0, 0.05) is 6.54 Å². The Bertz CT molecular complexity index is 497. The third-order valence-electron chi connectivity index (χ3n) is 3.02. The van der Waals surface area contributed by atoms with Crippen molar-refractivity contribution in [1.29, 1.82) is 0 Å². The number of carboxylic acids is 1. The Hall–Kier alpha value is -2.04. The lowest BCUT2D eigenvalue weighted by atomic mass is 9.92. The first-order valence-corrected chi connectivity index (χ1v) is 5.77. The molecule has 1 aromatic carbocycles. The van der Waals surface area contributed by atoms with Gasteiger partial charge in [0.25, 0.3) is 0 Å². The van der Waals surface area contributed by atoms with Crippen LogP contribution in [-0.2, 0) is 9.59 Å². The third-order valence-corrected chi connectivity index (χ3v) is 3.02. The minimum absolute atomic E-state index is 0.116. The van der Waals surface area contributed by atoms with Crippen LogP contribution in [0.3, 0.4) is 0 Å². The summed E-state index contributed by atoms with van der Waals surface area (Å²) in [7, 11) is 0. The molecule has 0 saturated heterocycles. The van der Waals surface area contributed by atoms with E-state index in [0.717, 1.165) is 11.4 Å². The van der Waals surface area contributed by atoms with Gasteiger partial charge in [0.2, 0.25) is 5.91 Å². The topological polar surface area (TPSA) is 69.6 Å². The van der Waals surface area contributed by atoms with Gasteiger partial charge in [0.1, 0.15) is 0 Å². The third kappa shape index (κ3) is 2.30. The van der Waals surface area contributed by atoms with Gasteiger partial charge in [-0.25, -0.2) is 0 Å². The van der Waals surface area contributed by atoms with Crippen LogP contribution in [0.4, 0.5) is 11.4 Å². The Morgan fingerprint density at radius 2 is 2.11 bits per heavy atom. The molecule has 5 heteroatoms. The highest BCUT2D eigenvalue weighted by molar-refractivity contribution is 6.01. The van der Waals surface area contributed by atoms with Gasteiger partial charge in [-0.1, -0.05) is 12.1 Å². The lowest BCUT2D eigenvalue weighted by Gasteiger charge is -2.35. The number of carbonyl (C=O) groups excluding carboxylic acids is 1. The monoisotopic (exact) mass is 248 g/mol. The normalized spacial score (nSPS) is 15.0. The van der Waals surface area contributed by atoms with E-state index in [9.17, 15) is 9.59 Å². The Balaban J connectivity index is 2.29. The van der Waals surface area contributed by atoms with Crippen molar-refractivity contribution in [2.24, 2.45) is 5.41 Å². The highest BCUT2D eigenvalue weighted by atomic mass is 16.4. The van der Waals surface area contributed by atoms with Gasteiger partial charge in [0.15, 0.2) is 0 Å². The van der Waals surface area contributed by atoms with Crippen molar-refractivity contribution in [3.05, 3.63) is 24.3 Å². The molecule has 96 valence electrons. The second-order valence-corrected chi connectivity index (χ2v) is 5.11. The molecule has 0 fully saturated rings. The number of carboxylic acid groups (broad SMARTS) is 1. The lowest BCUT2D eigenvalue weighted by molar-refractivity contribution is -0.146. The number of rotatable bonds is 3. The number of hydrogen-bond acceptors (Lipinski definition) is 3. The largest absolute Gasteiger partial charge is 0.481 e. The number of benzene rings is 1. The zero-order valence-electron chi connectivity index (χ0n) is 10.4. The zero-order valence-corrected chi connectivity index (χ0v) is 10.4. The average Bonchev–Trinajstić information content (AvgIpc) is 2.28. The molecule has 0 radical (unpaired) electrons. The quantitative estimate of drug-likeness (QED) is 0.851. The summed E-state index contributed by atoms with van der Waals surface area (Å²) < 4.78 is 0. The fourth-order valence-electron chi connectivity index (χ4n) is 1.99. The summed E-state index contributed by atoms with van der Waals surface area (Å²) in [6.07, 6.45) is 0. The molecule has 18 heavy (non-hydrogen) atoms. The molecule has 1 aliphatic heterocycles. The summed E-state index contributed by atoms with van der Waals surface area (Å²) >= 11 is 0. The highest BCUT2D eigenvalue weighted by Crippen LogP contribution is 2.31. The van der Waals surface area contributed by atoms with Crippen molar-refractivity contribution in [2.75, 3.05) is 23.3 Å². The Labute approximate surface area is 105 Å². The number of para-hydroxylation sites is 2. The predicted molar refractivity (Wildman–Crippen MR) is 68.7 cm³/mol. The van der Waals surface area contributed by atoms with Crippen LogP contribution in [0.1, 0.15) is 13.8 Å². The van der Waals surface area contributed by atoms with E-state index in [1.807, 2.05) is 29.2 Å². The Morgan fingerprint density at radius 3 is 2.78 bits per heavy atom. The number of carbonyl (C=O) groups is 2. The smallest absolute Gasteiger partial charge is 0.310 e. The van der Waals surface area contributed by atoms with Crippen molar-refractivity contribution < 1.29 is 14.7 Å². The van der Waals surface area contributed by atoms with Crippen LogP contribution in [0.25, 0.3) is 0 Å². The molecule has 1 amide bonds. The summed E-state index contributed by atoms with van der Waals surface area (Å²) in [5.41, 5.74) is 0.700. The van der Waals surface area contributed by atoms with E-state index in [1.165, 1.54) is 0 Å². The van der Waals surface area contributed by atoms with E-state index in [-0.39, 0.29) is 12.5 Å². The molecule has 0 spiro atoms. The molecule has 1 aromatic rings. The maximum Gasteiger partial charge on any atom is 0.310 e. The van der Waals surface area contributed by atoms with Crippen LogP contribution in [0.15, 0.2) is 24.3 Å². The number of anilines is 2. The Kier molecular flexibility index (Phi) is 2.98. The van der Waals surface area contributed by atoms with E-state index in [1.54, 1.807) is 13.8 Å². The van der Waals surface area contributed by atoms with Crippen LogP contribution in [0.5, 0.6) is 0 Å². The number of fused-ring (bicyclic) bond motifs is 1. The summed E-state index contributed by atoms with van der Waals surface area (Å²) in [5.74, 6) is -0.985. The van der Waals surface area contributed by atoms with Crippen molar-refractivity contribution in [1.82, 2.24) is 0 Å². The van der Waals surface area contributed by atoms with E-state index in [0.29, 0.717) is 6.54 Å². The standard InChI is InChI=1S/C13H16N2O3/c1-13(2,12(17)18)8-15-7-11(16)14-9-5-3-4-6-10(9)15/h3-6H,7-8H2,1-2H3,(H,14,16)(H,17,18). The molecular formula is C13H16N2O3. The van der Waals surface area contributed by atoms with Crippen molar-refractivity contribution in [2.45, 2.75) is 13.8 Å². The minimum atomic E-state index is -0.898. The average molecular weight is 248 g/mol. The second-order valence-electron chi connectivity index (χ2n) is 5.11. The van der Waals surface area contributed by atoms with Gasteiger partial charge in [-0.3, -0.25) is 9.59 Å². The molecule has 0 bridgehead atoms. The van der Waals surface area contributed by atoms with Crippen molar-refractivity contribution >= 4 is 23.3 Å². The fraction of sp³-hybridized carbons (Fsp3) is 0.385. The van der Waals surface area contributed by atoms with E-state index in [2.05, 4.69) is 5.32 Å². The maximum atomic E-state index is 11.6. The van der Waals surface area contributed by atoms with Crippen LogP contribution in [0, 0.1) is 5.41 Å². The molecule has 0 aliphatic carbocycles. The van der Waals surface area contributed by atoms with Crippen LogP contribution in [0.2, 0.25) is 0 Å². The summed E-state index contributed by atoms with van der Waals surface area (Å²) in [6, 6.07) is 7.40. The highest BCUT2D eigenvalue weighted by Gasteiger charge is 2.32. The van der Waals surface area contributed by atoms with Gasteiger partial charge >= 0.3 is 5.97 Å². The van der Waals surface area contributed by atoms with Gasteiger partial charge < -0.3 is 15.3 Å². The lowest BCUT2D eigenvalue weighted by Crippen LogP contribution is -2.45.